The third-order valence-electron chi connectivity index (χ3n) is 1.44. The molecule has 0 saturated carbocycles. The second-order valence-electron chi connectivity index (χ2n) is 2.40. The van der Waals surface area contributed by atoms with Crippen LogP contribution in [0.4, 0.5) is 5.82 Å². The summed E-state index contributed by atoms with van der Waals surface area (Å²) in [6, 6.07) is 0. The van der Waals surface area contributed by atoms with E-state index in [2.05, 4.69) is 15.1 Å². The van der Waals surface area contributed by atoms with Crippen LogP contribution < -0.4 is 5.73 Å². The number of anilines is 1. The first-order chi connectivity index (χ1) is 6.25. The quantitative estimate of drug-likeness (QED) is 0.734. The minimum atomic E-state index is 0.377. The predicted molar refractivity (Wildman–Crippen MR) is 48.6 cm³/mol. The lowest BCUT2D eigenvalue weighted by Crippen LogP contribution is -2.00. The van der Waals surface area contributed by atoms with Crippen LogP contribution in [0.5, 0.6) is 0 Å². The van der Waals surface area contributed by atoms with E-state index in [0.29, 0.717) is 16.7 Å². The minimum Gasteiger partial charge on any atom is -0.382 e. The van der Waals surface area contributed by atoms with Crippen molar-refractivity contribution in [1.29, 1.82) is 0 Å². The van der Waals surface area contributed by atoms with E-state index in [4.69, 9.17) is 17.3 Å². The van der Waals surface area contributed by atoms with Crippen molar-refractivity contribution in [2.75, 3.05) is 5.73 Å². The molecule has 13 heavy (non-hydrogen) atoms. The average molecular weight is 196 g/mol. The van der Waals surface area contributed by atoms with Crippen LogP contribution in [0.3, 0.4) is 0 Å². The molecular formula is C7H6ClN5. The molecule has 2 rings (SSSR count). The molecule has 0 aromatic carbocycles. The van der Waals surface area contributed by atoms with E-state index in [-0.39, 0.29) is 0 Å². The van der Waals surface area contributed by atoms with Crippen LogP contribution in [-0.2, 0) is 0 Å². The number of nitrogens with zero attached hydrogens (tertiary/aromatic N) is 4. The Balaban J connectivity index is 2.41. The highest BCUT2D eigenvalue weighted by atomic mass is 35.5. The van der Waals surface area contributed by atoms with Crippen LogP contribution in [0.25, 0.3) is 5.82 Å². The summed E-state index contributed by atoms with van der Waals surface area (Å²) in [5.41, 5.74) is 5.38. The smallest absolute Gasteiger partial charge is 0.171 e. The van der Waals surface area contributed by atoms with E-state index in [1.54, 1.807) is 6.20 Å². The van der Waals surface area contributed by atoms with Crippen LogP contribution in [0.1, 0.15) is 0 Å². The summed E-state index contributed by atoms with van der Waals surface area (Å²) in [5.74, 6) is 0.961. The normalized spacial score (nSPS) is 10.2. The van der Waals surface area contributed by atoms with Gasteiger partial charge in [0.05, 0.1) is 29.8 Å². The van der Waals surface area contributed by atoms with Gasteiger partial charge in [0.15, 0.2) is 5.82 Å². The molecule has 0 radical (unpaired) electrons. The third kappa shape index (κ3) is 1.59. The highest BCUT2D eigenvalue weighted by molar-refractivity contribution is 6.30. The lowest BCUT2D eigenvalue weighted by Gasteiger charge is -1.98. The highest BCUT2D eigenvalue weighted by Crippen LogP contribution is 2.08. The molecule has 2 N–H and O–H groups in total. The average Bonchev–Trinajstić information content (AvgIpc) is 2.53. The van der Waals surface area contributed by atoms with E-state index >= 15 is 0 Å². The lowest BCUT2D eigenvalue weighted by molar-refractivity contribution is 0.839. The number of hydrogen-bond acceptors (Lipinski definition) is 4. The van der Waals surface area contributed by atoms with Gasteiger partial charge in [0, 0.05) is 0 Å². The van der Waals surface area contributed by atoms with Crippen LogP contribution in [0, 0.1) is 0 Å². The second kappa shape index (κ2) is 3.02. The van der Waals surface area contributed by atoms with Crippen LogP contribution in [-0.4, -0.2) is 19.7 Å². The molecule has 0 atom stereocenters. The maximum atomic E-state index is 5.69. The van der Waals surface area contributed by atoms with Crippen molar-refractivity contribution in [3.63, 3.8) is 0 Å². The summed E-state index contributed by atoms with van der Waals surface area (Å²) in [6.45, 7) is 0. The molecule has 2 aromatic heterocycles. The Labute approximate surface area is 79.2 Å². The lowest BCUT2D eigenvalue weighted by atomic mass is 10.6. The van der Waals surface area contributed by atoms with Gasteiger partial charge < -0.3 is 5.73 Å². The van der Waals surface area contributed by atoms with Crippen molar-refractivity contribution in [3.8, 4) is 5.82 Å². The Hall–Kier alpha value is -1.62. The van der Waals surface area contributed by atoms with Crippen molar-refractivity contribution in [1.82, 2.24) is 19.7 Å². The first-order valence-electron chi connectivity index (χ1n) is 3.54. The molecule has 2 heterocycles. The summed E-state index contributed by atoms with van der Waals surface area (Å²) >= 11 is 5.69. The van der Waals surface area contributed by atoms with Crippen molar-refractivity contribution < 1.29 is 0 Å². The number of nitrogen functional groups attached to an aromatic ring is 1. The zero-order chi connectivity index (χ0) is 9.26. The fourth-order valence-corrected chi connectivity index (χ4v) is 1.01. The number of halogens is 1. The summed E-state index contributed by atoms with van der Waals surface area (Å²) in [4.78, 5) is 7.89. The predicted octanol–water partition coefficient (Wildman–Crippen LogP) is 0.898. The zero-order valence-electron chi connectivity index (χ0n) is 6.55. The molecule has 0 unspecified atom stereocenters. The van der Waals surface area contributed by atoms with E-state index in [0.717, 1.165) is 0 Å². The fourth-order valence-electron chi connectivity index (χ4n) is 0.876. The largest absolute Gasteiger partial charge is 0.382 e. The summed E-state index contributed by atoms with van der Waals surface area (Å²) < 4.78 is 1.52. The highest BCUT2D eigenvalue weighted by Gasteiger charge is 1.99. The van der Waals surface area contributed by atoms with Crippen molar-refractivity contribution in [2.45, 2.75) is 0 Å². The van der Waals surface area contributed by atoms with Crippen LogP contribution >= 0.6 is 11.6 Å². The molecule has 0 aliphatic rings. The van der Waals surface area contributed by atoms with Gasteiger partial charge in [-0.1, -0.05) is 11.6 Å². The molecule has 0 saturated heterocycles. The molecule has 2 aromatic rings. The molecule has 0 aliphatic heterocycles. The van der Waals surface area contributed by atoms with Gasteiger partial charge in [-0.25, -0.2) is 14.6 Å². The minimum absolute atomic E-state index is 0.377. The van der Waals surface area contributed by atoms with Gasteiger partial charge in [-0.2, -0.15) is 5.10 Å². The Morgan fingerprint density at radius 1 is 1.23 bits per heavy atom. The molecule has 6 heteroatoms. The Kier molecular flexibility index (Phi) is 1.86. The van der Waals surface area contributed by atoms with Gasteiger partial charge in [-0.3, -0.25) is 0 Å². The van der Waals surface area contributed by atoms with Crippen molar-refractivity contribution in [3.05, 3.63) is 29.8 Å². The molecule has 66 valence electrons. The van der Waals surface area contributed by atoms with Gasteiger partial charge >= 0.3 is 0 Å². The molecule has 5 nitrogen and oxygen atoms in total. The van der Waals surface area contributed by atoms with Crippen molar-refractivity contribution >= 4 is 17.4 Å². The standard InChI is InChI=1S/C7H6ClN5/c8-5-1-12-13(4-5)7-3-10-6(9)2-11-7/h1-4H,(H2,9,10). The molecule has 0 spiro atoms. The molecule has 0 bridgehead atoms. The van der Waals surface area contributed by atoms with Gasteiger partial charge in [0.2, 0.25) is 0 Å². The first-order valence-corrected chi connectivity index (χ1v) is 3.91. The van der Waals surface area contributed by atoms with Crippen LogP contribution in [0.2, 0.25) is 5.02 Å². The first kappa shape index (κ1) is 8.00. The third-order valence-corrected chi connectivity index (χ3v) is 1.64. The number of nitrogens with two attached hydrogens (primary N) is 1. The Morgan fingerprint density at radius 3 is 2.62 bits per heavy atom. The molecular weight excluding hydrogens is 190 g/mol. The molecule has 0 amide bonds. The maximum Gasteiger partial charge on any atom is 0.171 e. The monoisotopic (exact) mass is 195 g/mol. The van der Waals surface area contributed by atoms with Gasteiger partial charge in [-0.15, -0.1) is 0 Å². The van der Waals surface area contributed by atoms with Gasteiger partial charge in [0.1, 0.15) is 5.82 Å². The number of aromatic nitrogens is 4. The zero-order valence-corrected chi connectivity index (χ0v) is 7.31. The summed E-state index contributed by atoms with van der Waals surface area (Å²) in [6.07, 6.45) is 6.16. The Bertz CT molecular complexity index is 407. The summed E-state index contributed by atoms with van der Waals surface area (Å²) in [5, 5.41) is 4.51. The van der Waals surface area contributed by atoms with Gasteiger partial charge in [-0.05, 0) is 0 Å². The van der Waals surface area contributed by atoms with Crippen LogP contribution in [0.15, 0.2) is 24.8 Å². The van der Waals surface area contributed by atoms with E-state index in [1.165, 1.54) is 23.3 Å². The summed E-state index contributed by atoms with van der Waals surface area (Å²) in [7, 11) is 0. The SMILES string of the molecule is Nc1cnc(-n2cc(Cl)cn2)cn1. The van der Waals surface area contributed by atoms with Crippen molar-refractivity contribution in [2.24, 2.45) is 0 Å². The molecule has 0 aliphatic carbocycles. The number of hydrogen-bond donors (Lipinski definition) is 1. The van der Waals surface area contributed by atoms with E-state index < -0.39 is 0 Å². The fraction of sp³-hybridized carbons (Fsp3) is 0. The second-order valence-corrected chi connectivity index (χ2v) is 2.84. The van der Waals surface area contributed by atoms with E-state index in [9.17, 15) is 0 Å². The number of rotatable bonds is 1. The molecule has 0 fully saturated rings. The Morgan fingerprint density at radius 2 is 2.08 bits per heavy atom. The topological polar surface area (TPSA) is 69.6 Å². The van der Waals surface area contributed by atoms with E-state index in [1.807, 2.05) is 0 Å². The van der Waals surface area contributed by atoms with Gasteiger partial charge in [0.25, 0.3) is 0 Å². The maximum absolute atomic E-state index is 5.69.